The minimum Gasteiger partial charge on any atom is -0.484 e. The van der Waals surface area contributed by atoms with Gasteiger partial charge in [-0.3, -0.25) is 4.90 Å². The summed E-state index contributed by atoms with van der Waals surface area (Å²) in [7, 11) is 0. The lowest BCUT2D eigenvalue weighted by Crippen LogP contribution is -2.32. The van der Waals surface area contributed by atoms with E-state index in [0.717, 1.165) is 38.0 Å². The number of H-pyrrole nitrogens is 1. The number of benzene rings is 2. The van der Waals surface area contributed by atoms with Crippen LogP contribution >= 0.6 is 0 Å². The van der Waals surface area contributed by atoms with E-state index < -0.39 is 12.8 Å². The van der Waals surface area contributed by atoms with Crippen LogP contribution < -0.4 is 4.74 Å². The van der Waals surface area contributed by atoms with Crippen molar-refractivity contribution in [2.24, 2.45) is 0 Å². The van der Waals surface area contributed by atoms with Crippen molar-refractivity contribution in [3.05, 3.63) is 65.9 Å². The van der Waals surface area contributed by atoms with E-state index in [1.54, 1.807) is 18.2 Å². The number of aromatic nitrogens is 1. The molecular weight excluding hydrogens is 365 g/mol. The van der Waals surface area contributed by atoms with Gasteiger partial charge in [0.1, 0.15) is 5.75 Å². The Balaban J connectivity index is 1.34. The molecule has 2 aromatic carbocycles. The van der Waals surface area contributed by atoms with Crippen LogP contribution in [0.1, 0.15) is 29.9 Å². The molecule has 1 saturated heterocycles. The number of likely N-dealkylation sites (tertiary alicyclic amines) is 1. The fourth-order valence-electron chi connectivity index (χ4n) is 3.99. The van der Waals surface area contributed by atoms with Crippen LogP contribution in [0.5, 0.6) is 5.75 Å². The van der Waals surface area contributed by atoms with E-state index >= 15 is 0 Å². The Morgan fingerprint density at radius 3 is 2.61 bits per heavy atom. The smallest absolute Gasteiger partial charge is 0.422 e. The summed E-state index contributed by atoms with van der Waals surface area (Å²) in [6.45, 7) is 1.41. The van der Waals surface area contributed by atoms with Crippen LogP contribution in [0.15, 0.2) is 54.7 Å². The van der Waals surface area contributed by atoms with Gasteiger partial charge >= 0.3 is 6.18 Å². The molecule has 0 aliphatic carbocycles. The minimum atomic E-state index is -4.32. The Bertz CT molecular complexity index is 927. The maximum Gasteiger partial charge on any atom is 0.422 e. The zero-order valence-corrected chi connectivity index (χ0v) is 15.5. The van der Waals surface area contributed by atoms with E-state index in [1.165, 1.54) is 16.5 Å². The summed E-state index contributed by atoms with van der Waals surface area (Å²) in [4.78, 5) is 5.71. The van der Waals surface area contributed by atoms with Gasteiger partial charge in [0.05, 0.1) is 0 Å². The zero-order valence-electron chi connectivity index (χ0n) is 15.5. The molecule has 1 aromatic heterocycles. The topological polar surface area (TPSA) is 28.3 Å². The van der Waals surface area contributed by atoms with Crippen molar-refractivity contribution in [1.29, 1.82) is 0 Å². The highest BCUT2D eigenvalue weighted by atomic mass is 19.4. The van der Waals surface area contributed by atoms with Crippen molar-refractivity contribution in [2.75, 3.05) is 19.7 Å². The second-order valence-electron chi connectivity index (χ2n) is 7.39. The number of nitrogens with one attached hydrogen (secondary N) is 1. The van der Waals surface area contributed by atoms with Crippen LogP contribution in [0.2, 0.25) is 0 Å². The molecular formula is C22H23F3N2O. The highest BCUT2D eigenvalue weighted by molar-refractivity contribution is 5.83. The number of alkyl halides is 3. The Morgan fingerprint density at radius 2 is 1.82 bits per heavy atom. The molecule has 4 rings (SSSR count). The molecule has 3 aromatic rings. The second kappa shape index (κ2) is 7.87. The molecule has 148 valence electrons. The number of fused-ring (bicyclic) bond motifs is 1. The molecule has 0 unspecified atom stereocenters. The van der Waals surface area contributed by atoms with E-state index in [1.807, 2.05) is 12.1 Å². The van der Waals surface area contributed by atoms with E-state index in [4.69, 9.17) is 4.74 Å². The van der Waals surface area contributed by atoms with E-state index in [2.05, 4.69) is 34.3 Å². The third kappa shape index (κ3) is 4.50. The third-order valence-corrected chi connectivity index (χ3v) is 5.36. The fourth-order valence-corrected chi connectivity index (χ4v) is 3.99. The first-order valence-electron chi connectivity index (χ1n) is 9.55. The van der Waals surface area contributed by atoms with Crippen molar-refractivity contribution in [3.8, 4) is 5.75 Å². The Kier molecular flexibility index (Phi) is 5.31. The lowest BCUT2D eigenvalue weighted by atomic mass is 9.89. The molecule has 3 nitrogen and oxygen atoms in total. The number of halogens is 3. The van der Waals surface area contributed by atoms with E-state index in [0.29, 0.717) is 5.92 Å². The first-order chi connectivity index (χ1) is 13.5. The molecule has 2 heterocycles. The quantitative estimate of drug-likeness (QED) is 0.626. The van der Waals surface area contributed by atoms with Crippen molar-refractivity contribution < 1.29 is 17.9 Å². The van der Waals surface area contributed by atoms with Crippen LogP contribution in [0.4, 0.5) is 13.2 Å². The third-order valence-electron chi connectivity index (χ3n) is 5.36. The number of hydrogen-bond donors (Lipinski definition) is 1. The van der Waals surface area contributed by atoms with Crippen molar-refractivity contribution in [3.63, 3.8) is 0 Å². The molecule has 6 heteroatoms. The van der Waals surface area contributed by atoms with Gasteiger partial charge < -0.3 is 9.72 Å². The number of nitrogens with zero attached hydrogens (tertiary/aromatic N) is 1. The predicted molar refractivity (Wildman–Crippen MR) is 104 cm³/mol. The molecule has 1 aliphatic rings. The molecule has 0 amide bonds. The number of aromatic amines is 1. The molecule has 1 fully saturated rings. The van der Waals surface area contributed by atoms with Crippen molar-refractivity contribution >= 4 is 10.9 Å². The molecule has 0 bridgehead atoms. The average molecular weight is 388 g/mol. The maximum atomic E-state index is 12.3. The Labute approximate surface area is 162 Å². The van der Waals surface area contributed by atoms with Crippen molar-refractivity contribution in [2.45, 2.75) is 31.5 Å². The Morgan fingerprint density at radius 1 is 1.04 bits per heavy atom. The highest BCUT2D eigenvalue weighted by Crippen LogP contribution is 2.33. The van der Waals surface area contributed by atoms with Crippen LogP contribution in [0.25, 0.3) is 10.9 Å². The second-order valence-corrected chi connectivity index (χ2v) is 7.39. The van der Waals surface area contributed by atoms with Gasteiger partial charge in [-0.05, 0) is 61.2 Å². The summed E-state index contributed by atoms with van der Waals surface area (Å²) in [5.74, 6) is 0.803. The zero-order chi connectivity index (χ0) is 19.6. The van der Waals surface area contributed by atoms with Gasteiger partial charge in [0, 0.05) is 23.6 Å². The lowest BCUT2D eigenvalue weighted by Gasteiger charge is -2.32. The summed E-state index contributed by atoms with van der Waals surface area (Å²) in [6.07, 6.45) is -0.0367. The van der Waals surface area contributed by atoms with Crippen molar-refractivity contribution in [1.82, 2.24) is 9.88 Å². The van der Waals surface area contributed by atoms with Crippen LogP contribution in [-0.2, 0) is 6.54 Å². The van der Waals surface area contributed by atoms with Crippen LogP contribution in [0, 0.1) is 0 Å². The number of ether oxygens (including phenoxy) is 1. The normalized spacial score (nSPS) is 16.5. The number of rotatable bonds is 5. The van der Waals surface area contributed by atoms with Crippen LogP contribution in [0.3, 0.4) is 0 Å². The van der Waals surface area contributed by atoms with Gasteiger partial charge in [0.15, 0.2) is 6.61 Å². The maximum absolute atomic E-state index is 12.3. The molecule has 1 aliphatic heterocycles. The summed E-state index contributed by atoms with van der Waals surface area (Å²) < 4.78 is 41.8. The summed E-state index contributed by atoms with van der Waals surface area (Å²) in [6, 6.07) is 15.3. The largest absolute Gasteiger partial charge is 0.484 e. The Hall–Kier alpha value is -2.47. The van der Waals surface area contributed by atoms with Gasteiger partial charge in [-0.1, -0.05) is 30.3 Å². The monoisotopic (exact) mass is 388 g/mol. The van der Waals surface area contributed by atoms with Gasteiger partial charge in [-0.15, -0.1) is 0 Å². The molecule has 0 spiro atoms. The average Bonchev–Trinajstić information content (AvgIpc) is 3.11. The molecule has 0 saturated carbocycles. The number of hydrogen-bond acceptors (Lipinski definition) is 2. The molecule has 1 N–H and O–H groups in total. The summed E-state index contributed by atoms with van der Waals surface area (Å²) in [5, 5.41) is 1.30. The van der Waals surface area contributed by atoms with Gasteiger partial charge in [0.2, 0.25) is 0 Å². The van der Waals surface area contributed by atoms with E-state index in [-0.39, 0.29) is 5.75 Å². The van der Waals surface area contributed by atoms with Crippen LogP contribution in [-0.4, -0.2) is 35.8 Å². The molecule has 0 atom stereocenters. The first kappa shape index (κ1) is 18.9. The summed E-state index contributed by atoms with van der Waals surface area (Å²) in [5.41, 5.74) is 3.54. The van der Waals surface area contributed by atoms with Gasteiger partial charge in [0.25, 0.3) is 0 Å². The fraction of sp³-hybridized carbons (Fsp3) is 0.364. The number of piperidine rings is 1. The van der Waals surface area contributed by atoms with Gasteiger partial charge in [-0.2, -0.15) is 13.2 Å². The minimum absolute atomic E-state index is 0.267. The predicted octanol–water partition coefficient (Wildman–Crippen LogP) is 5.49. The SMILES string of the molecule is FC(F)(F)COc1cccc(CN2CCC(c3c[nH]c4ccccc34)CC2)c1. The summed E-state index contributed by atoms with van der Waals surface area (Å²) >= 11 is 0. The first-order valence-corrected chi connectivity index (χ1v) is 9.55. The highest BCUT2D eigenvalue weighted by Gasteiger charge is 2.28. The standard InChI is InChI=1S/C22H23F3N2O/c23-22(24,25)15-28-18-5-3-4-16(12-18)14-27-10-8-17(9-11-27)20-13-26-21-7-2-1-6-19(20)21/h1-7,12-13,17,26H,8-11,14-15H2. The lowest BCUT2D eigenvalue weighted by molar-refractivity contribution is -0.153. The molecule has 28 heavy (non-hydrogen) atoms. The number of para-hydroxylation sites is 1. The van der Waals surface area contributed by atoms with E-state index in [9.17, 15) is 13.2 Å². The van der Waals surface area contributed by atoms with Gasteiger partial charge in [-0.25, -0.2) is 0 Å². The molecule has 0 radical (unpaired) electrons.